The molecule has 6 nitrogen and oxygen atoms in total. The molecule has 6 heteroatoms. The van der Waals surface area contributed by atoms with E-state index >= 15 is 0 Å². The van der Waals surface area contributed by atoms with Crippen LogP contribution in [0.5, 0.6) is 0 Å². The van der Waals surface area contributed by atoms with E-state index in [1.807, 2.05) is 0 Å². The van der Waals surface area contributed by atoms with Crippen LogP contribution < -0.4 is 0 Å². The summed E-state index contributed by atoms with van der Waals surface area (Å²) < 4.78 is 16.1. The maximum Gasteiger partial charge on any atom is 0.254 e. The van der Waals surface area contributed by atoms with E-state index in [1.54, 1.807) is 36.2 Å². The van der Waals surface area contributed by atoms with Gasteiger partial charge in [-0.3, -0.25) is 9.59 Å². The van der Waals surface area contributed by atoms with E-state index in [1.165, 1.54) is 0 Å². The lowest BCUT2D eigenvalue weighted by Gasteiger charge is -2.18. The van der Waals surface area contributed by atoms with E-state index in [4.69, 9.17) is 14.2 Å². The van der Waals surface area contributed by atoms with E-state index in [-0.39, 0.29) is 5.91 Å². The molecule has 0 unspecified atom stereocenters. The first-order valence-corrected chi connectivity index (χ1v) is 8.23. The number of amides is 1. The van der Waals surface area contributed by atoms with Gasteiger partial charge >= 0.3 is 0 Å². The summed E-state index contributed by atoms with van der Waals surface area (Å²) in [5, 5.41) is 0. The molecule has 0 atom stereocenters. The fraction of sp³-hybridized carbons (Fsp3) is 0.556. The first kappa shape index (κ1) is 20.3. The second-order valence-electron chi connectivity index (χ2n) is 5.27. The van der Waals surface area contributed by atoms with Crippen molar-refractivity contribution in [2.75, 3.05) is 53.2 Å². The van der Waals surface area contributed by atoms with E-state index in [2.05, 4.69) is 6.92 Å². The standard InChI is InChI=1S/C18H27NO5/c1-3-9-22-11-13-24-14-12-23-10-8-19(2)18(21)17-7-5-4-6-16(17)15-20/h4-7,15H,3,8-14H2,1-2H3. The Morgan fingerprint density at radius 1 is 1.00 bits per heavy atom. The largest absolute Gasteiger partial charge is 0.379 e. The molecule has 0 radical (unpaired) electrons. The molecule has 134 valence electrons. The van der Waals surface area contributed by atoms with E-state index in [0.717, 1.165) is 13.0 Å². The lowest BCUT2D eigenvalue weighted by Crippen LogP contribution is -2.31. The van der Waals surface area contributed by atoms with Crippen molar-refractivity contribution in [3.8, 4) is 0 Å². The molecule has 1 rings (SSSR count). The minimum atomic E-state index is -0.189. The van der Waals surface area contributed by atoms with Crippen LogP contribution in [-0.4, -0.2) is 70.3 Å². The minimum Gasteiger partial charge on any atom is -0.379 e. The summed E-state index contributed by atoms with van der Waals surface area (Å²) in [5.41, 5.74) is 0.805. The molecule has 1 amide bonds. The molecule has 24 heavy (non-hydrogen) atoms. The number of rotatable bonds is 13. The van der Waals surface area contributed by atoms with Crippen LogP contribution in [0.25, 0.3) is 0 Å². The Labute approximate surface area is 143 Å². The number of carbonyl (C=O) groups excluding carboxylic acids is 2. The van der Waals surface area contributed by atoms with Crippen LogP contribution in [0.1, 0.15) is 34.1 Å². The van der Waals surface area contributed by atoms with Gasteiger partial charge in [0.2, 0.25) is 0 Å². The van der Waals surface area contributed by atoms with Gasteiger partial charge in [0.15, 0.2) is 6.29 Å². The predicted molar refractivity (Wildman–Crippen MR) is 91.5 cm³/mol. The maximum absolute atomic E-state index is 12.3. The molecule has 0 aliphatic rings. The van der Waals surface area contributed by atoms with Crippen molar-refractivity contribution >= 4 is 12.2 Å². The van der Waals surface area contributed by atoms with Crippen molar-refractivity contribution in [2.24, 2.45) is 0 Å². The van der Waals surface area contributed by atoms with Crippen LogP contribution in [-0.2, 0) is 14.2 Å². The Hall–Kier alpha value is -1.76. The van der Waals surface area contributed by atoms with E-state index in [0.29, 0.717) is 57.0 Å². The number of hydrogen-bond acceptors (Lipinski definition) is 5. The topological polar surface area (TPSA) is 65.1 Å². The summed E-state index contributed by atoms with van der Waals surface area (Å²) in [7, 11) is 1.69. The molecule has 0 aromatic heterocycles. The predicted octanol–water partition coefficient (Wildman–Crippen LogP) is 2.03. The third-order valence-electron chi connectivity index (χ3n) is 3.33. The van der Waals surface area contributed by atoms with Gasteiger partial charge in [-0.2, -0.15) is 0 Å². The summed E-state index contributed by atoms with van der Waals surface area (Å²) in [6.45, 7) is 5.82. The van der Waals surface area contributed by atoms with Gasteiger partial charge in [0.25, 0.3) is 5.91 Å². The maximum atomic E-state index is 12.3. The molecule has 0 bridgehead atoms. The SMILES string of the molecule is CCCOCCOCCOCCN(C)C(=O)c1ccccc1C=O. The van der Waals surface area contributed by atoms with Gasteiger partial charge in [0.1, 0.15) is 0 Å². The smallest absolute Gasteiger partial charge is 0.254 e. The van der Waals surface area contributed by atoms with Crippen molar-refractivity contribution in [2.45, 2.75) is 13.3 Å². The number of nitrogens with zero attached hydrogens (tertiary/aromatic N) is 1. The van der Waals surface area contributed by atoms with Gasteiger partial charge in [0, 0.05) is 25.8 Å². The van der Waals surface area contributed by atoms with Gasteiger partial charge < -0.3 is 19.1 Å². The fourth-order valence-electron chi connectivity index (χ4n) is 1.99. The summed E-state index contributed by atoms with van der Waals surface area (Å²) in [5.74, 6) is -0.189. The number of benzene rings is 1. The lowest BCUT2D eigenvalue weighted by molar-refractivity contribution is 0.0117. The van der Waals surface area contributed by atoms with Crippen LogP contribution in [0.2, 0.25) is 0 Å². The highest BCUT2D eigenvalue weighted by molar-refractivity contribution is 6.01. The molecule has 0 N–H and O–H groups in total. The zero-order valence-electron chi connectivity index (χ0n) is 14.5. The van der Waals surface area contributed by atoms with Crippen molar-refractivity contribution in [1.29, 1.82) is 0 Å². The van der Waals surface area contributed by atoms with Crippen LogP contribution in [0, 0.1) is 0 Å². The van der Waals surface area contributed by atoms with E-state index in [9.17, 15) is 9.59 Å². The Morgan fingerprint density at radius 3 is 2.21 bits per heavy atom. The van der Waals surface area contributed by atoms with Gasteiger partial charge in [0.05, 0.1) is 38.6 Å². The number of aldehydes is 1. The molecule has 0 fully saturated rings. The molecule has 0 aliphatic carbocycles. The molecule has 0 saturated heterocycles. The highest BCUT2D eigenvalue weighted by Crippen LogP contribution is 2.08. The van der Waals surface area contributed by atoms with Gasteiger partial charge in [-0.05, 0) is 12.5 Å². The van der Waals surface area contributed by atoms with Crippen molar-refractivity contribution in [1.82, 2.24) is 4.90 Å². The molecule has 0 saturated carbocycles. The first-order valence-electron chi connectivity index (χ1n) is 8.23. The second-order valence-corrected chi connectivity index (χ2v) is 5.27. The number of carbonyl (C=O) groups is 2. The zero-order chi connectivity index (χ0) is 17.6. The summed E-state index contributed by atoms with van der Waals surface area (Å²) in [6, 6.07) is 6.76. The van der Waals surface area contributed by atoms with Crippen molar-refractivity contribution in [3.05, 3.63) is 35.4 Å². The van der Waals surface area contributed by atoms with Crippen LogP contribution in [0.15, 0.2) is 24.3 Å². The Bertz CT molecular complexity index is 492. The van der Waals surface area contributed by atoms with Gasteiger partial charge in [-0.25, -0.2) is 0 Å². The van der Waals surface area contributed by atoms with Gasteiger partial charge in [-0.15, -0.1) is 0 Å². The lowest BCUT2D eigenvalue weighted by atomic mass is 10.1. The van der Waals surface area contributed by atoms with Crippen molar-refractivity contribution < 1.29 is 23.8 Å². The highest BCUT2D eigenvalue weighted by Gasteiger charge is 2.14. The van der Waals surface area contributed by atoms with Gasteiger partial charge in [-0.1, -0.05) is 25.1 Å². The Morgan fingerprint density at radius 2 is 1.58 bits per heavy atom. The number of ether oxygens (including phenoxy) is 3. The molecular formula is C18H27NO5. The molecule has 0 spiro atoms. The summed E-state index contributed by atoms with van der Waals surface area (Å²) in [6.07, 6.45) is 1.70. The third-order valence-corrected chi connectivity index (χ3v) is 3.33. The summed E-state index contributed by atoms with van der Waals surface area (Å²) >= 11 is 0. The minimum absolute atomic E-state index is 0.189. The van der Waals surface area contributed by atoms with Crippen LogP contribution in [0.4, 0.5) is 0 Å². The van der Waals surface area contributed by atoms with Crippen molar-refractivity contribution in [3.63, 3.8) is 0 Å². The monoisotopic (exact) mass is 337 g/mol. The second kappa shape index (κ2) is 12.6. The number of likely N-dealkylation sites (N-methyl/N-ethyl adjacent to an activating group) is 1. The molecule has 1 aromatic rings. The average molecular weight is 337 g/mol. The number of hydrogen-bond donors (Lipinski definition) is 0. The molecule has 0 heterocycles. The van der Waals surface area contributed by atoms with E-state index < -0.39 is 0 Å². The first-order chi connectivity index (χ1) is 11.7. The Balaban J connectivity index is 2.14. The summed E-state index contributed by atoms with van der Waals surface area (Å²) in [4.78, 5) is 24.8. The fourth-order valence-corrected chi connectivity index (χ4v) is 1.99. The third kappa shape index (κ3) is 7.68. The molecule has 1 aromatic carbocycles. The van der Waals surface area contributed by atoms with Crippen LogP contribution >= 0.6 is 0 Å². The Kier molecular flexibility index (Phi) is 10.7. The highest BCUT2D eigenvalue weighted by atomic mass is 16.5. The average Bonchev–Trinajstić information content (AvgIpc) is 2.62. The van der Waals surface area contributed by atoms with Crippen LogP contribution in [0.3, 0.4) is 0 Å². The quantitative estimate of drug-likeness (QED) is 0.407. The molecule has 0 aliphatic heterocycles. The normalized spacial score (nSPS) is 10.6. The zero-order valence-corrected chi connectivity index (χ0v) is 14.5. The molecular weight excluding hydrogens is 310 g/mol.